The van der Waals surface area contributed by atoms with Crippen molar-refractivity contribution in [3.63, 3.8) is 0 Å². The number of fused-ring (bicyclic) bond motifs is 1. The van der Waals surface area contributed by atoms with Crippen molar-refractivity contribution in [2.24, 2.45) is 10.7 Å². The quantitative estimate of drug-likeness (QED) is 0.727. The molecular formula is C13H14N2. The molecule has 1 heterocycles. The largest absolute Gasteiger partial charge is 0.383 e. The van der Waals surface area contributed by atoms with Crippen LogP contribution in [0.25, 0.3) is 0 Å². The number of rotatable bonds is 2. The van der Waals surface area contributed by atoms with Crippen molar-refractivity contribution < 1.29 is 0 Å². The second-order valence-corrected chi connectivity index (χ2v) is 3.68. The number of benzene rings is 1. The number of nitrogens with two attached hydrogens (primary N) is 1. The standard InChI is InChI=1S/C13H14N2/c1-3-5-10-6-4-7-11-8-9(2)15-13(14)12(10)11/h3-4,6-7H,1-2,5,8H2,(H2,14,15). The number of hydrogen-bond acceptors (Lipinski definition) is 2. The van der Waals surface area contributed by atoms with Gasteiger partial charge in [-0.2, -0.15) is 0 Å². The average molecular weight is 198 g/mol. The Hall–Kier alpha value is -1.83. The average Bonchev–Trinajstić information content (AvgIpc) is 2.17. The molecule has 2 heteroatoms. The molecule has 0 aliphatic carbocycles. The van der Waals surface area contributed by atoms with Crippen molar-refractivity contribution in [3.05, 3.63) is 59.8 Å². The van der Waals surface area contributed by atoms with E-state index in [9.17, 15) is 0 Å². The molecule has 0 amide bonds. The zero-order valence-corrected chi connectivity index (χ0v) is 8.66. The fraction of sp³-hybridized carbons (Fsp3) is 0.154. The highest BCUT2D eigenvalue weighted by Gasteiger charge is 2.16. The molecule has 76 valence electrons. The van der Waals surface area contributed by atoms with E-state index in [1.54, 1.807) is 0 Å². The molecule has 0 saturated carbocycles. The summed E-state index contributed by atoms with van der Waals surface area (Å²) >= 11 is 0. The highest BCUT2D eigenvalue weighted by molar-refractivity contribution is 6.02. The molecule has 0 radical (unpaired) electrons. The Kier molecular flexibility index (Phi) is 2.42. The number of hydrogen-bond donors (Lipinski definition) is 1. The second-order valence-electron chi connectivity index (χ2n) is 3.68. The molecule has 1 aromatic rings. The molecule has 15 heavy (non-hydrogen) atoms. The van der Waals surface area contributed by atoms with Crippen molar-refractivity contribution in [1.29, 1.82) is 0 Å². The Labute approximate surface area is 89.8 Å². The van der Waals surface area contributed by atoms with Gasteiger partial charge in [0.1, 0.15) is 5.84 Å². The van der Waals surface area contributed by atoms with Crippen molar-refractivity contribution in [2.75, 3.05) is 0 Å². The highest BCUT2D eigenvalue weighted by Crippen LogP contribution is 2.23. The monoisotopic (exact) mass is 198 g/mol. The topological polar surface area (TPSA) is 38.4 Å². The van der Waals surface area contributed by atoms with Crippen LogP contribution in [0.4, 0.5) is 0 Å². The van der Waals surface area contributed by atoms with Crippen LogP contribution >= 0.6 is 0 Å². The molecule has 1 aromatic carbocycles. The van der Waals surface area contributed by atoms with Crippen LogP contribution in [0, 0.1) is 0 Å². The van der Waals surface area contributed by atoms with E-state index in [-0.39, 0.29) is 0 Å². The molecule has 0 bridgehead atoms. The zero-order chi connectivity index (χ0) is 10.8. The molecule has 0 saturated heterocycles. The first-order valence-electron chi connectivity index (χ1n) is 4.96. The second kappa shape index (κ2) is 3.73. The highest BCUT2D eigenvalue weighted by atomic mass is 14.9. The van der Waals surface area contributed by atoms with Crippen LogP contribution in [0.3, 0.4) is 0 Å². The third-order valence-corrected chi connectivity index (χ3v) is 2.53. The van der Waals surface area contributed by atoms with E-state index in [0.29, 0.717) is 5.84 Å². The number of aliphatic imine (C=N–C) groups is 1. The van der Waals surface area contributed by atoms with Gasteiger partial charge in [0.2, 0.25) is 0 Å². The third kappa shape index (κ3) is 1.71. The zero-order valence-electron chi connectivity index (χ0n) is 8.66. The molecule has 1 aliphatic heterocycles. The van der Waals surface area contributed by atoms with Crippen LogP contribution in [0.2, 0.25) is 0 Å². The molecule has 2 nitrogen and oxygen atoms in total. The van der Waals surface area contributed by atoms with Gasteiger partial charge in [0.05, 0.1) is 0 Å². The number of allylic oxidation sites excluding steroid dienone is 2. The fourth-order valence-corrected chi connectivity index (χ4v) is 1.94. The Morgan fingerprint density at radius 2 is 2.27 bits per heavy atom. The minimum atomic E-state index is 0.582. The van der Waals surface area contributed by atoms with E-state index in [1.165, 1.54) is 11.1 Å². The first kappa shape index (κ1) is 9.71. The minimum absolute atomic E-state index is 0.582. The van der Waals surface area contributed by atoms with Gasteiger partial charge in [0.15, 0.2) is 0 Å². The van der Waals surface area contributed by atoms with Crippen LogP contribution in [-0.2, 0) is 12.8 Å². The summed E-state index contributed by atoms with van der Waals surface area (Å²) < 4.78 is 0. The van der Waals surface area contributed by atoms with Crippen molar-refractivity contribution >= 4 is 5.84 Å². The van der Waals surface area contributed by atoms with Gasteiger partial charge in [0, 0.05) is 17.7 Å². The lowest BCUT2D eigenvalue weighted by molar-refractivity contribution is 1.06. The van der Waals surface area contributed by atoms with Gasteiger partial charge in [0.25, 0.3) is 0 Å². The summed E-state index contributed by atoms with van der Waals surface area (Å²) in [6.07, 6.45) is 3.50. The molecule has 2 N–H and O–H groups in total. The van der Waals surface area contributed by atoms with Gasteiger partial charge in [-0.05, 0) is 17.5 Å². The predicted molar refractivity (Wildman–Crippen MR) is 63.9 cm³/mol. The van der Waals surface area contributed by atoms with Crippen molar-refractivity contribution in [1.82, 2.24) is 0 Å². The number of amidine groups is 1. The Balaban J connectivity index is 2.58. The van der Waals surface area contributed by atoms with Gasteiger partial charge in [-0.3, -0.25) is 0 Å². The lowest BCUT2D eigenvalue weighted by atomic mass is 9.93. The van der Waals surface area contributed by atoms with E-state index in [2.05, 4.69) is 30.3 Å². The lowest BCUT2D eigenvalue weighted by Gasteiger charge is -2.18. The van der Waals surface area contributed by atoms with Crippen LogP contribution in [0.15, 0.2) is 48.1 Å². The van der Waals surface area contributed by atoms with E-state index in [1.807, 2.05) is 12.1 Å². The van der Waals surface area contributed by atoms with E-state index in [0.717, 1.165) is 24.1 Å². The SMILES string of the molecule is C=CCc1cccc2c1C(N)=NC(=C)C2. The molecule has 0 unspecified atom stereocenters. The van der Waals surface area contributed by atoms with Crippen LogP contribution in [0.5, 0.6) is 0 Å². The molecule has 0 spiro atoms. The minimum Gasteiger partial charge on any atom is -0.383 e. The van der Waals surface area contributed by atoms with Crippen LogP contribution < -0.4 is 5.73 Å². The molecule has 1 aliphatic rings. The third-order valence-electron chi connectivity index (χ3n) is 2.53. The van der Waals surface area contributed by atoms with E-state index >= 15 is 0 Å². The summed E-state index contributed by atoms with van der Waals surface area (Å²) in [7, 11) is 0. The van der Waals surface area contributed by atoms with Gasteiger partial charge in [-0.25, -0.2) is 4.99 Å². The predicted octanol–water partition coefficient (Wildman–Crippen LogP) is 2.19. The van der Waals surface area contributed by atoms with Gasteiger partial charge in [-0.15, -0.1) is 6.58 Å². The Morgan fingerprint density at radius 3 is 3.00 bits per heavy atom. The molecule has 2 rings (SSSR count). The first-order valence-corrected chi connectivity index (χ1v) is 4.96. The van der Waals surface area contributed by atoms with Gasteiger partial charge in [-0.1, -0.05) is 30.9 Å². The maximum absolute atomic E-state index is 5.92. The normalized spacial score (nSPS) is 14.4. The maximum Gasteiger partial charge on any atom is 0.131 e. The molecule has 0 aromatic heterocycles. The van der Waals surface area contributed by atoms with Crippen LogP contribution in [0.1, 0.15) is 16.7 Å². The van der Waals surface area contributed by atoms with Crippen molar-refractivity contribution in [3.8, 4) is 0 Å². The summed E-state index contributed by atoms with van der Waals surface area (Å²) in [6.45, 7) is 7.60. The number of nitrogens with zero attached hydrogens (tertiary/aromatic N) is 1. The smallest absolute Gasteiger partial charge is 0.131 e. The van der Waals surface area contributed by atoms with Crippen molar-refractivity contribution in [2.45, 2.75) is 12.8 Å². The lowest BCUT2D eigenvalue weighted by Crippen LogP contribution is -2.21. The summed E-state index contributed by atoms with van der Waals surface area (Å²) in [5.74, 6) is 0.582. The first-order chi connectivity index (χ1) is 7.22. The molecule has 0 fully saturated rings. The fourth-order valence-electron chi connectivity index (χ4n) is 1.94. The van der Waals surface area contributed by atoms with E-state index in [4.69, 9.17) is 5.73 Å². The summed E-state index contributed by atoms with van der Waals surface area (Å²) in [6, 6.07) is 6.19. The Morgan fingerprint density at radius 1 is 1.47 bits per heavy atom. The van der Waals surface area contributed by atoms with E-state index < -0.39 is 0 Å². The maximum atomic E-state index is 5.92. The Bertz CT molecular complexity index is 456. The van der Waals surface area contributed by atoms with Gasteiger partial charge >= 0.3 is 0 Å². The van der Waals surface area contributed by atoms with Gasteiger partial charge < -0.3 is 5.73 Å². The summed E-state index contributed by atoms with van der Waals surface area (Å²) in [5.41, 5.74) is 10.2. The molecule has 0 atom stereocenters. The van der Waals surface area contributed by atoms with Crippen LogP contribution in [-0.4, -0.2) is 5.84 Å². The molecular weight excluding hydrogens is 184 g/mol. The summed E-state index contributed by atoms with van der Waals surface area (Å²) in [5, 5.41) is 0. The summed E-state index contributed by atoms with van der Waals surface area (Å²) in [4.78, 5) is 4.23.